The highest BCUT2D eigenvalue weighted by molar-refractivity contribution is 7.99. The van der Waals surface area contributed by atoms with Crippen molar-refractivity contribution in [3.63, 3.8) is 0 Å². The molecule has 1 aromatic carbocycles. The summed E-state index contributed by atoms with van der Waals surface area (Å²) in [7, 11) is 0. The van der Waals surface area contributed by atoms with Crippen molar-refractivity contribution in [2.75, 3.05) is 11.1 Å². The highest BCUT2D eigenvalue weighted by atomic mass is 32.2. The molecule has 31 heavy (non-hydrogen) atoms. The third kappa shape index (κ3) is 4.40. The van der Waals surface area contributed by atoms with Gasteiger partial charge < -0.3 is 5.32 Å². The molecule has 2 aromatic heterocycles. The number of hydrogen-bond acceptors (Lipinski definition) is 6. The number of anilines is 1. The van der Waals surface area contributed by atoms with E-state index in [2.05, 4.69) is 22.2 Å². The van der Waals surface area contributed by atoms with Crippen LogP contribution in [0.25, 0.3) is 10.2 Å². The molecule has 0 saturated carbocycles. The van der Waals surface area contributed by atoms with Crippen LogP contribution in [0.1, 0.15) is 16.9 Å². The number of carbonyl (C=O) groups is 2. The first-order chi connectivity index (χ1) is 15.0. The van der Waals surface area contributed by atoms with Crippen LogP contribution in [0.4, 0.5) is 14.9 Å². The summed E-state index contributed by atoms with van der Waals surface area (Å²) in [4.78, 5) is 43.8. The lowest BCUT2D eigenvalue weighted by Gasteiger charge is -2.11. The summed E-state index contributed by atoms with van der Waals surface area (Å²) < 4.78 is 15.1. The van der Waals surface area contributed by atoms with Crippen LogP contribution in [0.3, 0.4) is 0 Å². The summed E-state index contributed by atoms with van der Waals surface area (Å²) in [5, 5.41) is 5.49. The summed E-state index contributed by atoms with van der Waals surface area (Å²) in [6.45, 7) is 3.97. The number of amides is 3. The van der Waals surface area contributed by atoms with Gasteiger partial charge in [0.05, 0.1) is 16.8 Å². The maximum atomic E-state index is 13.6. The van der Waals surface area contributed by atoms with Crippen molar-refractivity contribution in [3.05, 3.63) is 63.5 Å². The zero-order valence-electron chi connectivity index (χ0n) is 16.4. The van der Waals surface area contributed by atoms with Crippen molar-refractivity contribution in [3.8, 4) is 0 Å². The van der Waals surface area contributed by atoms with Crippen molar-refractivity contribution in [1.29, 1.82) is 0 Å². The van der Waals surface area contributed by atoms with Gasteiger partial charge in [-0.3, -0.25) is 19.5 Å². The minimum atomic E-state index is -0.836. The first kappa shape index (κ1) is 21.3. The maximum Gasteiger partial charge on any atom is 0.325 e. The van der Waals surface area contributed by atoms with Gasteiger partial charge in [-0.1, -0.05) is 30.0 Å². The topological polar surface area (TPSA) is 93.1 Å². The number of thioether (sulfide) groups is 1. The molecule has 0 radical (unpaired) electrons. The number of para-hydroxylation sites is 1. The third-order valence-electron chi connectivity index (χ3n) is 4.81. The second kappa shape index (κ2) is 9.03. The van der Waals surface area contributed by atoms with E-state index >= 15 is 0 Å². The molecule has 0 atom stereocenters. The van der Waals surface area contributed by atoms with Crippen molar-refractivity contribution in [1.82, 2.24) is 14.9 Å². The molecule has 2 N–H and O–H groups in total. The molecule has 7 nitrogen and oxygen atoms in total. The molecule has 0 aliphatic heterocycles. The van der Waals surface area contributed by atoms with Gasteiger partial charge in [0.1, 0.15) is 10.6 Å². The number of carbonyl (C=O) groups excluding carboxylic acids is 2. The Morgan fingerprint density at radius 3 is 2.90 bits per heavy atom. The molecule has 0 bridgehead atoms. The predicted molar refractivity (Wildman–Crippen MR) is 120 cm³/mol. The first-order valence-corrected chi connectivity index (χ1v) is 11.4. The Labute approximate surface area is 185 Å². The summed E-state index contributed by atoms with van der Waals surface area (Å²) in [5.74, 6) is -1.33. The molecule has 2 heterocycles. The predicted octanol–water partition coefficient (Wildman–Crippen LogP) is 3.71. The van der Waals surface area contributed by atoms with Crippen LogP contribution >= 0.6 is 23.1 Å². The molecular weight excluding hydrogens is 439 g/mol. The molecule has 0 fully saturated rings. The number of allylic oxidation sites excluding steroid dienone is 1. The Bertz CT molecular complexity index is 1250. The molecule has 3 amide bonds. The Hall–Kier alpha value is -2.98. The molecule has 0 saturated heterocycles. The van der Waals surface area contributed by atoms with Crippen molar-refractivity contribution >= 4 is 50.9 Å². The summed E-state index contributed by atoms with van der Waals surface area (Å²) in [5.41, 5.74) is 0.928. The minimum Gasteiger partial charge on any atom is -0.305 e. The smallest absolute Gasteiger partial charge is 0.305 e. The molecule has 1 aliphatic rings. The lowest BCUT2D eigenvalue weighted by Crippen LogP contribution is -2.36. The molecule has 160 valence electrons. The van der Waals surface area contributed by atoms with Gasteiger partial charge in [-0.05, 0) is 37.0 Å². The Morgan fingerprint density at radius 1 is 1.32 bits per heavy atom. The highest BCUT2D eigenvalue weighted by Crippen LogP contribution is 2.35. The monoisotopic (exact) mass is 458 g/mol. The molecule has 0 unspecified atom stereocenters. The molecular formula is C21H19FN4O3S2. The quantitative estimate of drug-likeness (QED) is 0.334. The van der Waals surface area contributed by atoms with Crippen LogP contribution in [0.2, 0.25) is 0 Å². The van der Waals surface area contributed by atoms with E-state index in [4.69, 9.17) is 0 Å². The van der Waals surface area contributed by atoms with Gasteiger partial charge in [-0.2, -0.15) is 0 Å². The van der Waals surface area contributed by atoms with Crippen LogP contribution in [-0.2, 0) is 24.2 Å². The average molecular weight is 459 g/mol. The minimum absolute atomic E-state index is 0.0295. The first-order valence-electron chi connectivity index (χ1n) is 9.62. The van der Waals surface area contributed by atoms with Gasteiger partial charge in [-0.15, -0.1) is 17.9 Å². The van der Waals surface area contributed by atoms with E-state index in [9.17, 15) is 18.8 Å². The Morgan fingerprint density at radius 2 is 2.13 bits per heavy atom. The third-order valence-corrected chi connectivity index (χ3v) is 6.97. The number of aromatic nitrogens is 2. The van der Waals surface area contributed by atoms with Gasteiger partial charge in [0, 0.05) is 11.4 Å². The number of imide groups is 1. The lowest BCUT2D eigenvalue weighted by molar-refractivity contribution is -0.117. The number of aryl methyl sites for hydroxylation is 2. The molecule has 0 spiro atoms. The molecule has 10 heteroatoms. The average Bonchev–Trinajstić information content (AvgIpc) is 3.31. The number of fused-ring (bicyclic) bond motifs is 3. The number of hydrogen-bond donors (Lipinski definition) is 2. The van der Waals surface area contributed by atoms with Crippen LogP contribution in [0.5, 0.6) is 0 Å². The normalized spacial score (nSPS) is 12.5. The van der Waals surface area contributed by atoms with Crippen LogP contribution < -0.4 is 16.2 Å². The van der Waals surface area contributed by atoms with Crippen LogP contribution in [0.15, 0.2) is 46.9 Å². The number of rotatable bonds is 6. The van der Waals surface area contributed by atoms with E-state index in [1.165, 1.54) is 39.0 Å². The Kier molecular flexibility index (Phi) is 6.19. The van der Waals surface area contributed by atoms with Crippen molar-refractivity contribution in [2.45, 2.75) is 31.0 Å². The van der Waals surface area contributed by atoms with Gasteiger partial charge in [0.25, 0.3) is 5.56 Å². The van der Waals surface area contributed by atoms with E-state index in [0.717, 1.165) is 36.6 Å². The number of benzene rings is 1. The Balaban J connectivity index is 1.48. The van der Waals surface area contributed by atoms with Crippen molar-refractivity contribution in [2.24, 2.45) is 0 Å². The number of thiophene rings is 1. The fourth-order valence-electron chi connectivity index (χ4n) is 3.47. The number of nitrogens with one attached hydrogen (secondary N) is 2. The molecule has 3 aromatic rings. The van der Waals surface area contributed by atoms with Gasteiger partial charge >= 0.3 is 6.03 Å². The highest BCUT2D eigenvalue weighted by Gasteiger charge is 2.23. The second-order valence-corrected chi connectivity index (χ2v) is 8.93. The van der Waals surface area contributed by atoms with Gasteiger partial charge in [0.2, 0.25) is 5.91 Å². The van der Waals surface area contributed by atoms with E-state index in [-0.39, 0.29) is 23.5 Å². The lowest BCUT2D eigenvalue weighted by atomic mass is 10.2. The van der Waals surface area contributed by atoms with E-state index < -0.39 is 17.8 Å². The van der Waals surface area contributed by atoms with Crippen molar-refractivity contribution < 1.29 is 14.0 Å². The fourth-order valence-corrected chi connectivity index (χ4v) is 5.58. The largest absolute Gasteiger partial charge is 0.325 e. The summed E-state index contributed by atoms with van der Waals surface area (Å²) in [6.07, 6.45) is 4.49. The van der Waals surface area contributed by atoms with E-state index in [1.54, 1.807) is 12.1 Å². The van der Waals surface area contributed by atoms with Crippen LogP contribution in [0, 0.1) is 5.82 Å². The van der Waals surface area contributed by atoms with Gasteiger partial charge in [-0.25, -0.2) is 14.2 Å². The van der Waals surface area contributed by atoms with Crippen LogP contribution in [-0.4, -0.2) is 27.2 Å². The van der Waals surface area contributed by atoms with E-state index in [0.29, 0.717) is 15.4 Å². The summed E-state index contributed by atoms with van der Waals surface area (Å²) >= 11 is 2.59. The number of urea groups is 1. The SMILES string of the molecule is C=CCn1c(SCC(=O)NC(=O)Nc2ccccc2F)nc2sc3c(c2c1=O)CCC3. The maximum absolute atomic E-state index is 13.6. The molecule has 4 rings (SSSR count). The van der Waals surface area contributed by atoms with E-state index in [1.807, 2.05) is 0 Å². The fraction of sp³-hybridized carbons (Fsp3) is 0.238. The molecule has 1 aliphatic carbocycles. The zero-order chi connectivity index (χ0) is 22.0. The van der Waals surface area contributed by atoms with Gasteiger partial charge in [0.15, 0.2) is 5.16 Å². The zero-order valence-corrected chi connectivity index (χ0v) is 18.1. The summed E-state index contributed by atoms with van der Waals surface area (Å²) in [6, 6.07) is 4.82. The second-order valence-electron chi connectivity index (χ2n) is 6.91. The number of nitrogens with zero attached hydrogens (tertiary/aromatic N) is 2. The standard InChI is InChI=1S/C21H19FN4O3S2/c1-2-10-26-19(28)17-12-6-5-9-15(12)31-18(17)25-21(26)30-11-16(27)24-20(29)23-14-8-4-3-7-13(14)22/h2-4,7-8H,1,5-6,9-11H2,(H2,23,24,27,29). The number of halogens is 1.